The van der Waals surface area contributed by atoms with Crippen LogP contribution < -0.4 is 5.32 Å². The van der Waals surface area contributed by atoms with Gasteiger partial charge in [0.1, 0.15) is 12.4 Å². The second-order valence-corrected chi connectivity index (χ2v) is 8.05. The number of amides is 1. The molecule has 0 radical (unpaired) electrons. The van der Waals surface area contributed by atoms with Crippen molar-refractivity contribution in [2.45, 2.75) is 51.0 Å². The molecule has 0 bridgehead atoms. The van der Waals surface area contributed by atoms with E-state index in [2.05, 4.69) is 14.9 Å². The van der Waals surface area contributed by atoms with Crippen molar-refractivity contribution in [2.75, 3.05) is 5.32 Å². The van der Waals surface area contributed by atoms with Gasteiger partial charge in [-0.2, -0.15) is 0 Å². The Morgan fingerprint density at radius 2 is 2.04 bits per heavy atom. The number of para-hydroxylation sites is 2. The molecule has 2 aliphatic rings. The number of aryl methyl sites for hydroxylation is 2. The number of carbonyl (C=O) groups is 1. The van der Waals surface area contributed by atoms with Crippen LogP contribution in [-0.4, -0.2) is 20.4 Å². The van der Waals surface area contributed by atoms with Crippen LogP contribution in [0.3, 0.4) is 0 Å². The van der Waals surface area contributed by atoms with Gasteiger partial charge in [-0.1, -0.05) is 12.1 Å². The van der Waals surface area contributed by atoms with Gasteiger partial charge in [-0.05, 0) is 50.7 Å². The van der Waals surface area contributed by atoms with E-state index in [1.165, 1.54) is 36.3 Å². The Hall–Kier alpha value is -2.21. The lowest BCUT2D eigenvalue weighted by atomic mass is 10.0. The van der Waals surface area contributed by atoms with Gasteiger partial charge in [-0.25, -0.2) is 9.97 Å². The number of nitrogens with zero attached hydrogens (tertiary/aromatic N) is 3. The molecule has 2 heterocycles. The summed E-state index contributed by atoms with van der Waals surface area (Å²) in [6.07, 6.45) is 6.92. The summed E-state index contributed by atoms with van der Waals surface area (Å²) in [7, 11) is 0. The molecular weight excluding hydrogens is 332 g/mol. The van der Waals surface area contributed by atoms with Gasteiger partial charge in [0.25, 0.3) is 0 Å². The highest BCUT2D eigenvalue weighted by Crippen LogP contribution is 2.40. The number of hydrogen-bond acceptors (Lipinski definition) is 4. The van der Waals surface area contributed by atoms with Crippen molar-refractivity contribution in [3.8, 4) is 0 Å². The fraction of sp³-hybridized carbons (Fsp3) is 0.421. The van der Waals surface area contributed by atoms with Crippen molar-refractivity contribution in [1.29, 1.82) is 0 Å². The predicted octanol–water partition coefficient (Wildman–Crippen LogP) is 3.89. The van der Waals surface area contributed by atoms with Crippen LogP contribution in [0.1, 0.15) is 48.0 Å². The fourth-order valence-corrected chi connectivity index (χ4v) is 4.69. The Kier molecular flexibility index (Phi) is 3.59. The topological polar surface area (TPSA) is 59.8 Å². The van der Waals surface area contributed by atoms with Crippen molar-refractivity contribution in [3.63, 3.8) is 0 Å². The maximum Gasteiger partial charge on any atom is 0.246 e. The van der Waals surface area contributed by atoms with E-state index in [4.69, 9.17) is 4.98 Å². The van der Waals surface area contributed by atoms with Crippen molar-refractivity contribution >= 4 is 33.4 Å². The van der Waals surface area contributed by atoms with Crippen molar-refractivity contribution in [3.05, 3.63) is 40.7 Å². The summed E-state index contributed by atoms with van der Waals surface area (Å²) in [6.45, 7) is 0.302. The summed E-state index contributed by atoms with van der Waals surface area (Å²) >= 11 is 1.63. The van der Waals surface area contributed by atoms with E-state index in [0.29, 0.717) is 12.5 Å². The minimum atomic E-state index is -0.0175. The van der Waals surface area contributed by atoms with Crippen molar-refractivity contribution < 1.29 is 4.79 Å². The normalized spacial score (nSPS) is 16.8. The van der Waals surface area contributed by atoms with Gasteiger partial charge in [-0.3, -0.25) is 4.79 Å². The van der Waals surface area contributed by atoms with E-state index in [-0.39, 0.29) is 5.91 Å². The predicted molar refractivity (Wildman–Crippen MR) is 99.1 cm³/mol. The standard InChI is InChI=1S/C19H20N4OS/c24-17(22-19-21-14-6-2-4-8-16(14)25-19)11-23-15-7-3-1-5-13(15)20-18(23)12-9-10-12/h1,3,5,7,12H,2,4,6,8-11H2,(H,21,22,24). The van der Waals surface area contributed by atoms with Gasteiger partial charge in [0.05, 0.1) is 16.7 Å². The van der Waals surface area contributed by atoms with Gasteiger partial charge in [0, 0.05) is 10.8 Å². The molecule has 5 rings (SSSR count). The second-order valence-electron chi connectivity index (χ2n) is 6.96. The Morgan fingerprint density at radius 3 is 2.88 bits per heavy atom. The largest absolute Gasteiger partial charge is 0.318 e. The van der Waals surface area contributed by atoms with Crippen LogP contribution in [0.5, 0.6) is 0 Å². The summed E-state index contributed by atoms with van der Waals surface area (Å²) in [4.78, 5) is 23.4. The Balaban J connectivity index is 1.39. The van der Waals surface area contributed by atoms with E-state index in [1.54, 1.807) is 11.3 Å². The Labute approximate surface area is 150 Å². The molecule has 0 aliphatic heterocycles. The molecule has 128 valence electrons. The molecule has 0 atom stereocenters. The first-order valence-electron chi connectivity index (χ1n) is 9.01. The maximum atomic E-state index is 12.6. The molecule has 2 aromatic heterocycles. The maximum absolute atomic E-state index is 12.6. The molecule has 1 amide bonds. The first kappa shape index (κ1) is 15.1. The number of aromatic nitrogens is 3. The molecular formula is C19H20N4OS. The van der Waals surface area contributed by atoms with Gasteiger partial charge in [0.15, 0.2) is 5.13 Å². The third kappa shape index (κ3) is 2.84. The molecule has 0 saturated heterocycles. The number of anilines is 1. The molecule has 0 unspecified atom stereocenters. The molecule has 5 nitrogen and oxygen atoms in total. The van der Waals surface area contributed by atoms with Crippen molar-refractivity contribution in [2.24, 2.45) is 0 Å². The number of imidazole rings is 1. The van der Waals surface area contributed by atoms with Crippen LogP contribution in [0.4, 0.5) is 5.13 Å². The first-order valence-corrected chi connectivity index (χ1v) is 9.83. The molecule has 1 aromatic carbocycles. The van der Waals surface area contributed by atoms with Gasteiger partial charge >= 0.3 is 0 Å². The first-order chi connectivity index (χ1) is 12.3. The third-order valence-electron chi connectivity index (χ3n) is 5.02. The monoisotopic (exact) mass is 352 g/mol. The molecule has 2 aliphatic carbocycles. The summed E-state index contributed by atoms with van der Waals surface area (Å²) in [6, 6.07) is 8.06. The summed E-state index contributed by atoms with van der Waals surface area (Å²) in [5.41, 5.74) is 3.19. The van der Waals surface area contributed by atoms with E-state index in [0.717, 1.165) is 34.8 Å². The number of hydrogen-bond donors (Lipinski definition) is 1. The fourth-order valence-electron chi connectivity index (χ4n) is 3.62. The summed E-state index contributed by atoms with van der Waals surface area (Å²) in [5.74, 6) is 1.54. The number of carbonyl (C=O) groups excluding carboxylic acids is 1. The minimum absolute atomic E-state index is 0.0175. The highest BCUT2D eigenvalue weighted by molar-refractivity contribution is 7.15. The van der Waals surface area contributed by atoms with E-state index in [1.807, 2.05) is 24.3 Å². The van der Waals surface area contributed by atoms with Crippen LogP contribution in [0, 0.1) is 0 Å². The number of benzene rings is 1. The molecule has 1 N–H and O–H groups in total. The van der Waals surface area contributed by atoms with Gasteiger partial charge < -0.3 is 9.88 Å². The number of thiazole rings is 1. The third-order valence-corrected chi connectivity index (χ3v) is 6.09. The lowest BCUT2D eigenvalue weighted by Crippen LogP contribution is -2.20. The number of nitrogens with one attached hydrogen (secondary N) is 1. The average molecular weight is 352 g/mol. The summed E-state index contributed by atoms with van der Waals surface area (Å²) < 4.78 is 2.08. The molecule has 3 aromatic rings. The van der Waals surface area contributed by atoms with E-state index in [9.17, 15) is 4.79 Å². The van der Waals surface area contributed by atoms with E-state index >= 15 is 0 Å². The van der Waals surface area contributed by atoms with Crippen LogP contribution in [-0.2, 0) is 24.2 Å². The van der Waals surface area contributed by atoms with Crippen LogP contribution >= 0.6 is 11.3 Å². The zero-order valence-electron chi connectivity index (χ0n) is 14.0. The van der Waals surface area contributed by atoms with Gasteiger partial charge in [0.2, 0.25) is 5.91 Å². The zero-order chi connectivity index (χ0) is 16.8. The Bertz CT molecular complexity index is 930. The van der Waals surface area contributed by atoms with E-state index < -0.39 is 0 Å². The minimum Gasteiger partial charge on any atom is -0.318 e. The van der Waals surface area contributed by atoms with Crippen LogP contribution in [0.2, 0.25) is 0 Å². The second kappa shape index (κ2) is 5.95. The van der Waals surface area contributed by atoms with Crippen LogP contribution in [0.15, 0.2) is 24.3 Å². The lowest BCUT2D eigenvalue weighted by molar-refractivity contribution is -0.116. The molecule has 0 spiro atoms. The quantitative estimate of drug-likeness (QED) is 0.775. The molecule has 1 saturated carbocycles. The van der Waals surface area contributed by atoms with Gasteiger partial charge in [-0.15, -0.1) is 11.3 Å². The number of fused-ring (bicyclic) bond motifs is 2. The average Bonchev–Trinajstić information content (AvgIpc) is 3.29. The smallest absolute Gasteiger partial charge is 0.246 e. The molecule has 6 heteroatoms. The molecule has 25 heavy (non-hydrogen) atoms. The number of rotatable bonds is 4. The highest BCUT2D eigenvalue weighted by Gasteiger charge is 2.30. The Morgan fingerprint density at radius 1 is 1.20 bits per heavy atom. The van der Waals surface area contributed by atoms with Crippen molar-refractivity contribution in [1.82, 2.24) is 14.5 Å². The zero-order valence-corrected chi connectivity index (χ0v) is 14.8. The van der Waals surface area contributed by atoms with Crippen LogP contribution in [0.25, 0.3) is 11.0 Å². The highest BCUT2D eigenvalue weighted by atomic mass is 32.1. The lowest BCUT2D eigenvalue weighted by Gasteiger charge is -2.08. The SMILES string of the molecule is O=C(Cn1c(C2CC2)nc2ccccc21)Nc1nc2c(s1)CCCC2. The molecule has 1 fully saturated rings. The summed E-state index contributed by atoms with van der Waals surface area (Å²) in [5, 5.41) is 3.75.